The molecule has 0 atom stereocenters. The first-order chi connectivity index (χ1) is 10.1. The van der Waals surface area contributed by atoms with Gasteiger partial charge in [0.25, 0.3) is 5.69 Å². The van der Waals surface area contributed by atoms with Gasteiger partial charge in [-0.1, -0.05) is 56.3 Å². The Morgan fingerprint density at radius 2 is 1.71 bits per heavy atom. The van der Waals surface area contributed by atoms with Crippen LogP contribution >= 0.6 is 0 Å². The zero-order chi connectivity index (χ0) is 15.2. The van der Waals surface area contributed by atoms with Crippen LogP contribution in [0.1, 0.15) is 19.4 Å². The lowest BCUT2D eigenvalue weighted by Crippen LogP contribution is -2.12. The van der Waals surface area contributed by atoms with Gasteiger partial charge in [0.2, 0.25) is 0 Å². The summed E-state index contributed by atoms with van der Waals surface area (Å²) in [6.45, 7) is 4.07. The molecule has 5 nitrogen and oxygen atoms in total. The summed E-state index contributed by atoms with van der Waals surface area (Å²) in [7, 11) is 0. The van der Waals surface area contributed by atoms with Gasteiger partial charge in [-0.05, 0) is 17.5 Å². The Balaban J connectivity index is 2.32. The summed E-state index contributed by atoms with van der Waals surface area (Å²) < 4.78 is 0. The van der Waals surface area contributed by atoms with Crippen molar-refractivity contribution in [3.63, 3.8) is 0 Å². The Morgan fingerprint density at radius 1 is 1.10 bits per heavy atom. The molecule has 0 spiro atoms. The molecule has 1 N–H and O–H groups in total. The molecule has 2 aromatic carbocycles. The van der Waals surface area contributed by atoms with Crippen molar-refractivity contribution in [2.45, 2.75) is 13.8 Å². The Hall–Kier alpha value is -2.69. The number of benzene rings is 2. The van der Waals surface area contributed by atoms with Crippen LogP contribution in [-0.4, -0.2) is 10.6 Å². The molecule has 0 aliphatic carbocycles. The largest absolute Gasteiger partial charge is 0.294 e. The van der Waals surface area contributed by atoms with Gasteiger partial charge in [-0.15, -0.1) is 0 Å². The number of para-hydroxylation sites is 2. The van der Waals surface area contributed by atoms with E-state index in [1.54, 1.807) is 18.2 Å². The second-order valence-corrected chi connectivity index (χ2v) is 4.90. The molecule has 2 rings (SSSR count). The first-order valence-corrected chi connectivity index (χ1v) is 6.72. The molecular weight excluding hydrogens is 266 g/mol. The molecule has 0 fully saturated rings. The Bertz CT molecular complexity index is 652. The van der Waals surface area contributed by atoms with Crippen molar-refractivity contribution in [2.24, 2.45) is 11.0 Å². The Kier molecular flexibility index (Phi) is 4.66. The zero-order valence-electron chi connectivity index (χ0n) is 12.0. The summed E-state index contributed by atoms with van der Waals surface area (Å²) in [6.07, 6.45) is 0. The van der Waals surface area contributed by atoms with E-state index in [9.17, 15) is 10.1 Å². The fraction of sp³-hybridized carbons (Fsp3) is 0.188. The number of hydrogen-bond donors (Lipinski definition) is 1. The molecule has 0 amide bonds. The molecule has 0 aliphatic heterocycles. The van der Waals surface area contributed by atoms with Crippen molar-refractivity contribution in [3.05, 3.63) is 70.3 Å². The summed E-state index contributed by atoms with van der Waals surface area (Å²) in [5.74, 6) is 0.197. The monoisotopic (exact) mass is 283 g/mol. The quantitative estimate of drug-likeness (QED) is 0.511. The van der Waals surface area contributed by atoms with Gasteiger partial charge in [0.05, 0.1) is 10.6 Å². The number of nitrogens with one attached hydrogen (secondary N) is 1. The van der Waals surface area contributed by atoms with Crippen LogP contribution in [0.3, 0.4) is 0 Å². The maximum atomic E-state index is 11.0. The van der Waals surface area contributed by atoms with E-state index in [1.807, 2.05) is 44.2 Å². The summed E-state index contributed by atoms with van der Waals surface area (Å²) >= 11 is 0. The second kappa shape index (κ2) is 6.65. The lowest BCUT2D eigenvalue weighted by atomic mass is 10.0. The maximum absolute atomic E-state index is 11.0. The lowest BCUT2D eigenvalue weighted by molar-refractivity contribution is -0.384. The van der Waals surface area contributed by atoms with E-state index < -0.39 is 4.92 Å². The number of anilines is 1. The van der Waals surface area contributed by atoms with Gasteiger partial charge in [-0.2, -0.15) is 5.10 Å². The molecular formula is C16H17N3O2. The van der Waals surface area contributed by atoms with Crippen LogP contribution in [0.5, 0.6) is 0 Å². The molecule has 0 heterocycles. The Labute approximate surface area is 123 Å². The number of hydrazone groups is 1. The van der Waals surface area contributed by atoms with Gasteiger partial charge in [0.1, 0.15) is 5.69 Å². The van der Waals surface area contributed by atoms with Crippen LogP contribution < -0.4 is 5.43 Å². The maximum Gasteiger partial charge on any atom is 0.294 e. The first-order valence-electron chi connectivity index (χ1n) is 6.72. The van der Waals surface area contributed by atoms with Gasteiger partial charge in [0.15, 0.2) is 0 Å². The topological polar surface area (TPSA) is 67.5 Å². The Morgan fingerprint density at radius 3 is 2.33 bits per heavy atom. The van der Waals surface area contributed by atoms with E-state index in [4.69, 9.17) is 0 Å². The van der Waals surface area contributed by atoms with Crippen LogP contribution in [0, 0.1) is 16.0 Å². The molecule has 0 saturated carbocycles. The first kappa shape index (κ1) is 14.7. The minimum atomic E-state index is -0.421. The van der Waals surface area contributed by atoms with Crippen LogP contribution in [-0.2, 0) is 0 Å². The number of nitro groups is 1. The highest BCUT2D eigenvalue weighted by molar-refractivity contribution is 6.02. The predicted octanol–water partition coefficient (Wildman–Crippen LogP) is 4.07. The van der Waals surface area contributed by atoms with E-state index in [1.165, 1.54) is 6.07 Å². The van der Waals surface area contributed by atoms with E-state index in [0.29, 0.717) is 5.69 Å². The van der Waals surface area contributed by atoms with Crippen molar-refractivity contribution in [2.75, 3.05) is 5.43 Å². The molecule has 2 aromatic rings. The van der Waals surface area contributed by atoms with E-state index >= 15 is 0 Å². The normalized spacial score (nSPS) is 11.5. The van der Waals surface area contributed by atoms with Gasteiger partial charge < -0.3 is 0 Å². The minimum Gasteiger partial charge on any atom is -0.271 e. The summed E-state index contributed by atoms with van der Waals surface area (Å²) in [5, 5.41) is 15.4. The van der Waals surface area contributed by atoms with Crippen molar-refractivity contribution in [3.8, 4) is 0 Å². The molecule has 0 radical (unpaired) electrons. The molecule has 5 heteroatoms. The van der Waals surface area contributed by atoms with Gasteiger partial charge in [-0.25, -0.2) is 0 Å². The number of nitrogens with zero attached hydrogens (tertiary/aromatic N) is 2. The standard InChI is InChI=1S/C16H17N3O2/c1-12(2)16(13-8-4-3-5-9-13)18-17-14-10-6-7-11-15(14)19(20)21/h3-12,17H,1-2H3/b18-16+. The predicted molar refractivity (Wildman–Crippen MR) is 84.5 cm³/mol. The average Bonchev–Trinajstić information content (AvgIpc) is 2.48. The van der Waals surface area contributed by atoms with Crippen molar-refractivity contribution >= 4 is 17.1 Å². The fourth-order valence-corrected chi connectivity index (χ4v) is 1.98. The van der Waals surface area contributed by atoms with Crippen LogP contribution in [0.2, 0.25) is 0 Å². The number of rotatable bonds is 5. The average molecular weight is 283 g/mol. The smallest absolute Gasteiger partial charge is 0.271 e. The molecule has 21 heavy (non-hydrogen) atoms. The molecule has 0 unspecified atom stereocenters. The molecule has 0 saturated heterocycles. The highest BCUT2D eigenvalue weighted by Gasteiger charge is 2.13. The number of nitro benzene ring substituents is 1. The van der Waals surface area contributed by atoms with Crippen LogP contribution in [0.25, 0.3) is 0 Å². The van der Waals surface area contributed by atoms with E-state index in [-0.39, 0.29) is 11.6 Å². The van der Waals surface area contributed by atoms with Gasteiger partial charge in [-0.3, -0.25) is 15.5 Å². The second-order valence-electron chi connectivity index (χ2n) is 4.90. The molecule has 108 valence electrons. The zero-order valence-corrected chi connectivity index (χ0v) is 12.0. The number of hydrogen-bond acceptors (Lipinski definition) is 4. The fourth-order valence-electron chi connectivity index (χ4n) is 1.98. The van der Waals surface area contributed by atoms with E-state index in [0.717, 1.165) is 11.3 Å². The van der Waals surface area contributed by atoms with Crippen LogP contribution in [0.15, 0.2) is 59.7 Å². The third-order valence-corrected chi connectivity index (χ3v) is 3.01. The third kappa shape index (κ3) is 3.66. The summed E-state index contributed by atoms with van der Waals surface area (Å²) in [6, 6.07) is 16.2. The third-order valence-electron chi connectivity index (χ3n) is 3.01. The SMILES string of the molecule is CC(C)/C(=N\Nc1ccccc1[N+](=O)[O-])c1ccccc1. The minimum absolute atomic E-state index is 0.0115. The molecule has 0 bridgehead atoms. The molecule has 0 aliphatic rings. The van der Waals surface area contributed by atoms with Crippen molar-refractivity contribution in [1.29, 1.82) is 0 Å². The highest BCUT2D eigenvalue weighted by Crippen LogP contribution is 2.23. The van der Waals surface area contributed by atoms with Crippen molar-refractivity contribution < 1.29 is 4.92 Å². The lowest BCUT2D eigenvalue weighted by Gasteiger charge is -2.11. The summed E-state index contributed by atoms with van der Waals surface area (Å²) in [5.41, 5.74) is 5.07. The van der Waals surface area contributed by atoms with E-state index in [2.05, 4.69) is 10.5 Å². The highest BCUT2D eigenvalue weighted by atomic mass is 16.6. The summed E-state index contributed by atoms with van der Waals surface area (Å²) in [4.78, 5) is 10.6. The van der Waals surface area contributed by atoms with Gasteiger partial charge >= 0.3 is 0 Å². The van der Waals surface area contributed by atoms with Crippen molar-refractivity contribution in [1.82, 2.24) is 0 Å². The van der Waals surface area contributed by atoms with Crippen LogP contribution in [0.4, 0.5) is 11.4 Å². The van der Waals surface area contributed by atoms with Gasteiger partial charge in [0, 0.05) is 6.07 Å². The molecule has 0 aromatic heterocycles.